The standard InChI is InChI=1S/C16H26N4O/c1-12-17-9-8-14(18-12)20-10-6-7-13(11-20)19(5)15(21)16(2,3)4/h8-9,13H,6-7,10-11H2,1-5H3. The Morgan fingerprint density at radius 3 is 2.76 bits per heavy atom. The fourth-order valence-electron chi connectivity index (χ4n) is 2.79. The van der Waals surface area contributed by atoms with Crippen LogP contribution in [0.4, 0.5) is 5.82 Å². The second-order valence-corrected chi connectivity index (χ2v) is 6.87. The van der Waals surface area contributed by atoms with Crippen molar-refractivity contribution >= 4 is 11.7 Å². The molecule has 5 heteroatoms. The molecule has 0 aromatic carbocycles. The maximum atomic E-state index is 12.4. The van der Waals surface area contributed by atoms with Crippen molar-refractivity contribution in [1.29, 1.82) is 0 Å². The minimum atomic E-state index is -0.331. The average molecular weight is 290 g/mol. The molecule has 0 aliphatic carbocycles. The second kappa shape index (κ2) is 6.00. The SMILES string of the molecule is Cc1nccc(N2CCCC(N(C)C(=O)C(C)(C)C)C2)n1. The lowest BCUT2D eigenvalue weighted by Crippen LogP contribution is -2.51. The van der Waals surface area contributed by atoms with Crippen molar-refractivity contribution in [3.8, 4) is 0 Å². The van der Waals surface area contributed by atoms with Crippen LogP contribution in [0.2, 0.25) is 0 Å². The zero-order chi connectivity index (χ0) is 15.6. The Hall–Kier alpha value is -1.65. The summed E-state index contributed by atoms with van der Waals surface area (Å²) in [5, 5.41) is 0. The Morgan fingerprint density at radius 1 is 1.43 bits per heavy atom. The van der Waals surface area contributed by atoms with Crippen molar-refractivity contribution in [2.24, 2.45) is 5.41 Å². The van der Waals surface area contributed by atoms with E-state index < -0.39 is 0 Å². The molecule has 1 aliphatic heterocycles. The first-order valence-corrected chi connectivity index (χ1v) is 7.61. The highest BCUT2D eigenvalue weighted by Gasteiger charge is 2.32. The van der Waals surface area contributed by atoms with Crippen molar-refractivity contribution in [2.45, 2.75) is 46.6 Å². The second-order valence-electron chi connectivity index (χ2n) is 6.87. The van der Waals surface area contributed by atoms with Crippen molar-refractivity contribution < 1.29 is 4.79 Å². The van der Waals surface area contributed by atoms with Gasteiger partial charge in [-0.1, -0.05) is 20.8 Å². The fraction of sp³-hybridized carbons (Fsp3) is 0.688. The van der Waals surface area contributed by atoms with Gasteiger partial charge in [-0.3, -0.25) is 4.79 Å². The van der Waals surface area contributed by atoms with Crippen LogP contribution in [-0.2, 0) is 4.79 Å². The number of hydrogen-bond donors (Lipinski definition) is 0. The lowest BCUT2D eigenvalue weighted by Gasteiger charge is -2.40. The van der Waals surface area contributed by atoms with Crippen LogP contribution >= 0.6 is 0 Å². The first-order valence-electron chi connectivity index (χ1n) is 7.61. The fourth-order valence-corrected chi connectivity index (χ4v) is 2.79. The van der Waals surface area contributed by atoms with E-state index in [0.717, 1.165) is 37.6 Å². The summed E-state index contributed by atoms with van der Waals surface area (Å²) in [5.41, 5.74) is -0.331. The number of rotatable bonds is 2. The van der Waals surface area contributed by atoms with Crippen LogP contribution < -0.4 is 4.90 Å². The molecule has 0 spiro atoms. The van der Waals surface area contributed by atoms with Gasteiger partial charge >= 0.3 is 0 Å². The molecule has 2 rings (SSSR count). The first kappa shape index (κ1) is 15.7. The number of carbonyl (C=O) groups excluding carboxylic acids is 1. The molecule has 21 heavy (non-hydrogen) atoms. The van der Waals surface area contributed by atoms with Crippen LogP contribution in [0.1, 0.15) is 39.4 Å². The average Bonchev–Trinajstić information content (AvgIpc) is 2.45. The Morgan fingerprint density at radius 2 is 2.14 bits per heavy atom. The number of nitrogens with zero attached hydrogens (tertiary/aromatic N) is 4. The molecule has 0 radical (unpaired) electrons. The molecule has 1 aliphatic rings. The van der Waals surface area contributed by atoms with Crippen molar-refractivity contribution in [1.82, 2.24) is 14.9 Å². The van der Waals surface area contributed by atoms with E-state index in [-0.39, 0.29) is 17.4 Å². The number of piperidine rings is 1. The summed E-state index contributed by atoms with van der Waals surface area (Å²) in [4.78, 5) is 25.3. The lowest BCUT2D eigenvalue weighted by molar-refractivity contribution is -0.140. The summed E-state index contributed by atoms with van der Waals surface area (Å²) in [6.07, 6.45) is 3.93. The third-order valence-corrected chi connectivity index (χ3v) is 3.99. The van der Waals surface area contributed by atoms with Gasteiger partial charge in [-0.2, -0.15) is 0 Å². The minimum absolute atomic E-state index is 0.202. The molecule has 1 saturated heterocycles. The summed E-state index contributed by atoms with van der Waals surface area (Å²) >= 11 is 0. The van der Waals surface area contributed by atoms with Gasteiger partial charge in [0.2, 0.25) is 5.91 Å². The molecular weight excluding hydrogens is 264 g/mol. The number of hydrogen-bond acceptors (Lipinski definition) is 4. The van der Waals surface area contributed by atoms with E-state index in [2.05, 4.69) is 14.9 Å². The number of likely N-dealkylation sites (N-methyl/N-ethyl adjacent to an activating group) is 1. The molecule has 1 aromatic heterocycles. The number of carbonyl (C=O) groups is 1. The zero-order valence-electron chi connectivity index (χ0n) is 13.8. The van der Waals surface area contributed by atoms with Crippen LogP contribution in [0.5, 0.6) is 0 Å². The van der Waals surface area contributed by atoms with E-state index in [1.807, 2.05) is 45.7 Å². The first-order chi connectivity index (χ1) is 9.79. The molecule has 2 heterocycles. The van der Waals surface area contributed by atoms with Crippen LogP contribution in [0.25, 0.3) is 0 Å². The zero-order valence-corrected chi connectivity index (χ0v) is 13.8. The Labute approximate surface area is 127 Å². The molecule has 0 saturated carbocycles. The Kier molecular flexibility index (Phi) is 4.49. The van der Waals surface area contributed by atoms with Gasteiger partial charge in [-0.05, 0) is 25.8 Å². The topological polar surface area (TPSA) is 49.3 Å². The van der Waals surface area contributed by atoms with Crippen LogP contribution in [-0.4, -0.2) is 47.0 Å². The highest BCUT2D eigenvalue weighted by atomic mass is 16.2. The maximum absolute atomic E-state index is 12.4. The van der Waals surface area contributed by atoms with Gasteiger partial charge in [-0.25, -0.2) is 9.97 Å². The Balaban J connectivity index is 2.09. The molecule has 1 aromatic rings. The number of anilines is 1. The molecule has 116 valence electrons. The van der Waals surface area contributed by atoms with Gasteiger partial charge in [0.15, 0.2) is 0 Å². The lowest BCUT2D eigenvalue weighted by atomic mass is 9.93. The smallest absolute Gasteiger partial charge is 0.227 e. The Bertz CT molecular complexity index is 509. The molecule has 1 fully saturated rings. The van der Waals surface area contributed by atoms with E-state index >= 15 is 0 Å². The number of amides is 1. The van der Waals surface area contributed by atoms with Crippen molar-refractivity contribution in [3.05, 3.63) is 18.1 Å². The van der Waals surface area contributed by atoms with Gasteiger partial charge in [0.1, 0.15) is 11.6 Å². The molecular formula is C16H26N4O. The molecule has 1 atom stereocenters. The molecule has 0 N–H and O–H groups in total. The van der Waals surface area contributed by atoms with Crippen molar-refractivity contribution in [2.75, 3.05) is 25.0 Å². The van der Waals surface area contributed by atoms with E-state index in [9.17, 15) is 4.79 Å². The van der Waals surface area contributed by atoms with Crippen LogP contribution in [0.15, 0.2) is 12.3 Å². The summed E-state index contributed by atoms with van der Waals surface area (Å²) in [7, 11) is 1.92. The van der Waals surface area contributed by atoms with Crippen molar-refractivity contribution in [3.63, 3.8) is 0 Å². The molecule has 5 nitrogen and oxygen atoms in total. The quantitative estimate of drug-likeness (QED) is 0.838. The van der Waals surface area contributed by atoms with Crippen LogP contribution in [0, 0.1) is 12.3 Å². The van der Waals surface area contributed by atoms with E-state index in [4.69, 9.17) is 0 Å². The number of aromatic nitrogens is 2. The van der Waals surface area contributed by atoms with Gasteiger partial charge in [0, 0.05) is 37.8 Å². The molecule has 0 bridgehead atoms. The summed E-state index contributed by atoms with van der Waals surface area (Å²) in [6.45, 7) is 9.65. The van der Waals surface area contributed by atoms with Crippen LogP contribution in [0.3, 0.4) is 0 Å². The predicted octanol–water partition coefficient (Wildman–Crippen LogP) is 2.26. The highest BCUT2D eigenvalue weighted by Crippen LogP contribution is 2.24. The van der Waals surface area contributed by atoms with Gasteiger partial charge in [0.05, 0.1) is 0 Å². The predicted molar refractivity (Wildman–Crippen MR) is 84.2 cm³/mol. The van der Waals surface area contributed by atoms with E-state index in [1.54, 1.807) is 6.20 Å². The summed E-state index contributed by atoms with van der Waals surface area (Å²) in [6, 6.07) is 2.20. The van der Waals surface area contributed by atoms with E-state index in [1.165, 1.54) is 0 Å². The maximum Gasteiger partial charge on any atom is 0.227 e. The molecule has 1 amide bonds. The highest BCUT2D eigenvalue weighted by molar-refractivity contribution is 5.81. The summed E-state index contributed by atoms with van der Waals surface area (Å²) < 4.78 is 0. The largest absolute Gasteiger partial charge is 0.354 e. The van der Waals surface area contributed by atoms with Gasteiger partial charge < -0.3 is 9.80 Å². The van der Waals surface area contributed by atoms with Gasteiger partial charge in [0.25, 0.3) is 0 Å². The summed E-state index contributed by atoms with van der Waals surface area (Å²) in [5.74, 6) is 1.95. The van der Waals surface area contributed by atoms with Gasteiger partial charge in [-0.15, -0.1) is 0 Å². The van der Waals surface area contributed by atoms with E-state index in [0.29, 0.717) is 0 Å². The monoisotopic (exact) mass is 290 g/mol. The normalized spacial score (nSPS) is 19.5. The third kappa shape index (κ3) is 3.71. The minimum Gasteiger partial charge on any atom is -0.354 e. The number of aryl methyl sites for hydroxylation is 1. The third-order valence-electron chi connectivity index (χ3n) is 3.99. The molecule has 1 unspecified atom stereocenters.